The Labute approximate surface area is 145 Å². The largest absolute Gasteiger partial charge is 0.387 e. The highest BCUT2D eigenvalue weighted by Crippen LogP contribution is 2.34. The van der Waals surface area contributed by atoms with Crippen LogP contribution in [0.3, 0.4) is 0 Å². The van der Waals surface area contributed by atoms with Crippen LogP contribution in [0, 0.1) is 5.92 Å². The number of anilines is 1. The molecule has 0 aromatic heterocycles. The molecule has 1 amide bonds. The number of hydrogen-bond acceptors (Lipinski definition) is 3. The second-order valence-corrected chi connectivity index (χ2v) is 7.56. The van der Waals surface area contributed by atoms with Gasteiger partial charge >= 0.3 is 0 Å². The maximum atomic E-state index is 12.2. The molecule has 2 heterocycles. The number of nitrogens with zero attached hydrogens (tertiary/aromatic N) is 2. The zero-order valence-electron chi connectivity index (χ0n) is 15.2. The number of amides is 1. The first-order chi connectivity index (χ1) is 11.5. The first kappa shape index (κ1) is 17.4. The summed E-state index contributed by atoms with van der Waals surface area (Å²) in [5.74, 6) is 0.985. The third-order valence-electron chi connectivity index (χ3n) is 5.58. The molecule has 4 nitrogen and oxygen atoms in total. The van der Waals surface area contributed by atoms with Crippen molar-refractivity contribution in [3.8, 4) is 0 Å². The Morgan fingerprint density at radius 1 is 1.29 bits per heavy atom. The van der Waals surface area contributed by atoms with E-state index in [0.29, 0.717) is 13.0 Å². The topological polar surface area (TPSA) is 43.8 Å². The monoisotopic (exact) mass is 330 g/mol. The second-order valence-electron chi connectivity index (χ2n) is 7.56. The molecule has 3 rings (SSSR count). The summed E-state index contributed by atoms with van der Waals surface area (Å²) in [6, 6.07) is 6.32. The van der Waals surface area contributed by atoms with E-state index in [1.54, 1.807) is 0 Å². The lowest BCUT2D eigenvalue weighted by Gasteiger charge is -2.31. The Morgan fingerprint density at radius 3 is 2.67 bits per heavy atom. The number of hydrogen-bond donors (Lipinski definition) is 1. The summed E-state index contributed by atoms with van der Waals surface area (Å²) in [5.41, 5.74) is 3.19. The van der Waals surface area contributed by atoms with Gasteiger partial charge < -0.3 is 14.9 Å². The standard InChI is InChI=1S/C20H30N2O2/c1-4-20(24)22-15(3)11-17-12-16(5-6-18(17)22)19(23)13-21-9-7-14(2)8-10-21/h5-6,12,14-15,19,23H,4,7-11,13H2,1-3H3. The number of benzene rings is 1. The highest BCUT2D eigenvalue weighted by molar-refractivity contribution is 5.96. The van der Waals surface area contributed by atoms with Crippen LogP contribution < -0.4 is 4.90 Å². The summed E-state index contributed by atoms with van der Waals surface area (Å²) >= 11 is 0. The van der Waals surface area contributed by atoms with Crippen molar-refractivity contribution in [3.05, 3.63) is 29.3 Å². The van der Waals surface area contributed by atoms with E-state index in [1.165, 1.54) is 18.4 Å². The highest BCUT2D eigenvalue weighted by atomic mass is 16.3. The van der Waals surface area contributed by atoms with E-state index in [1.807, 2.05) is 24.0 Å². The molecular formula is C20H30N2O2. The molecule has 1 fully saturated rings. The van der Waals surface area contributed by atoms with Crippen LogP contribution in [0.1, 0.15) is 57.3 Å². The fourth-order valence-corrected chi connectivity index (χ4v) is 4.00. The Morgan fingerprint density at radius 2 is 2.00 bits per heavy atom. The van der Waals surface area contributed by atoms with Crippen LogP contribution in [0.15, 0.2) is 18.2 Å². The van der Waals surface area contributed by atoms with Crippen LogP contribution in [0.5, 0.6) is 0 Å². The van der Waals surface area contributed by atoms with E-state index in [4.69, 9.17) is 0 Å². The molecule has 4 heteroatoms. The molecule has 0 spiro atoms. The van der Waals surface area contributed by atoms with Crippen molar-refractivity contribution < 1.29 is 9.90 Å². The Balaban J connectivity index is 1.70. The summed E-state index contributed by atoms with van der Waals surface area (Å²) in [7, 11) is 0. The smallest absolute Gasteiger partial charge is 0.226 e. The van der Waals surface area contributed by atoms with Gasteiger partial charge in [-0.1, -0.05) is 26.0 Å². The fourth-order valence-electron chi connectivity index (χ4n) is 4.00. The van der Waals surface area contributed by atoms with E-state index in [-0.39, 0.29) is 11.9 Å². The van der Waals surface area contributed by atoms with E-state index < -0.39 is 6.10 Å². The summed E-state index contributed by atoms with van der Waals surface area (Å²) in [6.45, 7) is 9.18. The van der Waals surface area contributed by atoms with E-state index >= 15 is 0 Å². The third-order valence-corrected chi connectivity index (χ3v) is 5.58. The number of piperidine rings is 1. The minimum atomic E-state index is -0.449. The molecular weight excluding hydrogens is 300 g/mol. The lowest BCUT2D eigenvalue weighted by atomic mass is 9.98. The molecule has 1 aromatic rings. The number of β-amino-alcohol motifs (C(OH)–C–C–N with tert-alkyl or cyclic N) is 1. The van der Waals surface area contributed by atoms with Crippen LogP contribution in [0.25, 0.3) is 0 Å². The zero-order chi connectivity index (χ0) is 17.3. The molecule has 0 aliphatic carbocycles. The normalized spacial score (nSPS) is 23.3. The number of carbonyl (C=O) groups is 1. The molecule has 2 aliphatic rings. The van der Waals surface area contributed by atoms with E-state index in [9.17, 15) is 9.90 Å². The van der Waals surface area contributed by atoms with Gasteiger partial charge in [0, 0.05) is 24.7 Å². The van der Waals surface area contributed by atoms with Gasteiger partial charge in [0.15, 0.2) is 0 Å². The molecule has 0 bridgehead atoms. The van der Waals surface area contributed by atoms with Crippen molar-refractivity contribution in [2.24, 2.45) is 5.92 Å². The predicted octanol–water partition coefficient (Wildman–Crippen LogP) is 3.14. The fraction of sp³-hybridized carbons (Fsp3) is 0.650. The van der Waals surface area contributed by atoms with Crippen molar-refractivity contribution >= 4 is 11.6 Å². The molecule has 24 heavy (non-hydrogen) atoms. The van der Waals surface area contributed by atoms with Crippen molar-refractivity contribution in [2.75, 3.05) is 24.5 Å². The number of likely N-dealkylation sites (tertiary alicyclic amines) is 1. The van der Waals surface area contributed by atoms with Gasteiger partial charge in [0.05, 0.1) is 6.10 Å². The number of aliphatic hydroxyl groups excluding tert-OH is 1. The Bertz CT molecular complexity index is 593. The quantitative estimate of drug-likeness (QED) is 0.922. The molecule has 0 radical (unpaired) electrons. The Kier molecular flexibility index (Phi) is 5.26. The first-order valence-corrected chi connectivity index (χ1v) is 9.35. The number of fused-ring (bicyclic) bond motifs is 1. The van der Waals surface area contributed by atoms with Crippen LogP contribution >= 0.6 is 0 Å². The lowest BCUT2D eigenvalue weighted by molar-refractivity contribution is -0.118. The number of carbonyl (C=O) groups excluding carboxylic acids is 1. The third kappa shape index (κ3) is 3.50. The maximum Gasteiger partial charge on any atom is 0.226 e. The molecule has 1 saturated heterocycles. The average Bonchev–Trinajstić information content (AvgIpc) is 2.91. The van der Waals surface area contributed by atoms with E-state index in [0.717, 1.165) is 36.7 Å². The lowest BCUT2D eigenvalue weighted by Crippen LogP contribution is -2.36. The van der Waals surface area contributed by atoms with Gasteiger partial charge in [-0.25, -0.2) is 0 Å². The van der Waals surface area contributed by atoms with Crippen LogP contribution in [0.4, 0.5) is 5.69 Å². The van der Waals surface area contributed by atoms with Gasteiger partial charge in [-0.15, -0.1) is 0 Å². The Hall–Kier alpha value is -1.39. The summed E-state index contributed by atoms with van der Waals surface area (Å²) in [4.78, 5) is 16.4. The summed E-state index contributed by atoms with van der Waals surface area (Å²) in [6.07, 6.45) is 3.41. The van der Waals surface area contributed by atoms with Gasteiger partial charge in [0.25, 0.3) is 0 Å². The van der Waals surface area contributed by atoms with Gasteiger partial charge in [0.2, 0.25) is 5.91 Å². The highest BCUT2D eigenvalue weighted by Gasteiger charge is 2.30. The second kappa shape index (κ2) is 7.24. The maximum absolute atomic E-state index is 12.2. The van der Waals surface area contributed by atoms with Crippen molar-refractivity contribution in [3.63, 3.8) is 0 Å². The van der Waals surface area contributed by atoms with Crippen LogP contribution in [0.2, 0.25) is 0 Å². The van der Waals surface area contributed by atoms with Crippen molar-refractivity contribution in [2.45, 2.75) is 58.6 Å². The minimum absolute atomic E-state index is 0.178. The van der Waals surface area contributed by atoms with Gasteiger partial charge in [-0.3, -0.25) is 4.79 Å². The van der Waals surface area contributed by atoms with E-state index in [2.05, 4.69) is 24.8 Å². The average molecular weight is 330 g/mol. The number of rotatable bonds is 4. The summed E-state index contributed by atoms with van der Waals surface area (Å²) < 4.78 is 0. The molecule has 1 aromatic carbocycles. The molecule has 2 unspecified atom stereocenters. The van der Waals surface area contributed by atoms with Gasteiger partial charge in [-0.05, 0) is 62.4 Å². The van der Waals surface area contributed by atoms with Crippen molar-refractivity contribution in [1.82, 2.24) is 4.90 Å². The molecule has 132 valence electrons. The minimum Gasteiger partial charge on any atom is -0.387 e. The number of aliphatic hydroxyl groups is 1. The molecule has 2 atom stereocenters. The molecule has 1 N–H and O–H groups in total. The SMILES string of the molecule is CCC(=O)N1c2ccc(C(O)CN3CCC(C)CC3)cc2CC1C. The first-order valence-electron chi connectivity index (χ1n) is 9.35. The summed E-state index contributed by atoms with van der Waals surface area (Å²) in [5, 5.41) is 10.6. The van der Waals surface area contributed by atoms with Gasteiger partial charge in [0.1, 0.15) is 0 Å². The zero-order valence-corrected chi connectivity index (χ0v) is 15.2. The van der Waals surface area contributed by atoms with Crippen molar-refractivity contribution in [1.29, 1.82) is 0 Å². The molecule has 0 saturated carbocycles. The van der Waals surface area contributed by atoms with Gasteiger partial charge in [-0.2, -0.15) is 0 Å². The predicted molar refractivity (Wildman–Crippen MR) is 97.2 cm³/mol. The molecule has 2 aliphatic heterocycles. The van der Waals surface area contributed by atoms with Crippen LogP contribution in [-0.2, 0) is 11.2 Å². The van der Waals surface area contributed by atoms with Crippen LogP contribution in [-0.4, -0.2) is 41.6 Å².